The molecule has 0 aliphatic carbocycles. The van der Waals surface area contributed by atoms with E-state index < -0.39 is 6.04 Å². The number of ether oxygens (including phenoxy) is 1. The zero-order chi connectivity index (χ0) is 26.8. The molecule has 0 saturated carbocycles. The Hall–Kier alpha value is -4.14. The first-order valence-electron chi connectivity index (χ1n) is 13.0. The van der Waals surface area contributed by atoms with E-state index in [1.165, 1.54) is 0 Å². The lowest BCUT2D eigenvalue weighted by Gasteiger charge is -2.37. The van der Waals surface area contributed by atoms with Gasteiger partial charge in [-0.25, -0.2) is 0 Å². The molecule has 0 bridgehead atoms. The van der Waals surface area contributed by atoms with Gasteiger partial charge in [-0.2, -0.15) is 0 Å². The summed E-state index contributed by atoms with van der Waals surface area (Å²) in [7, 11) is 1.59. The maximum atomic E-state index is 13.9. The van der Waals surface area contributed by atoms with Crippen molar-refractivity contribution in [3.05, 3.63) is 64.8 Å². The van der Waals surface area contributed by atoms with Gasteiger partial charge in [-0.05, 0) is 62.2 Å². The number of H-pyrrole nitrogens is 1. The molecule has 3 heterocycles. The minimum atomic E-state index is -0.815. The van der Waals surface area contributed by atoms with Crippen molar-refractivity contribution in [2.75, 3.05) is 26.7 Å². The number of methoxy groups -OCH3 is 1. The van der Waals surface area contributed by atoms with E-state index in [0.29, 0.717) is 43.9 Å². The molecule has 3 N–H and O–H groups in total. The van der Waals surface area contributed by atoms with Crippen molar-refractivity contribution >= 4 is 35.3 Å². The van der Waals surface area contributed by atoms with Gasteiger partial charge in [0.25, 0.3) is 5.91 Å². The minimum Gasteiger partial charge on any atom is -0.496 e. The van der Waals surface area contributed by atoms with Crippen LogP contribution in [0.3, 0.4) is 0 Å². The van der Waals surface area contributed by atoms with E-state index in [1.807, 2.05) is 37.3 Å². The molecule has 5 rings (SSSR count). The van der Waals surface area contributed by atoms with Crippen LogP contribution in [0, 0.1) is 12.8 Å². The highest BCUT2D eigenvalue weighted by Gasteiger charge is 2.38. The number of aromatic nitrogens is 1. The fraction of sp³-hybridized carbons (Fsp3) is 0.379. The van der Waals surface area contributed by atoms with Crippen LogP contribution in [0.5, 0.6) is 5.75 Å². The number of carbonyl (C=O) groups is 3. The Morgan fingerprint density at radius 3 is 2.84 bits per heavy atom. The molecular weight excluding hydrogens is 482 g/mol. The second-order valence-corrected chi connectivity index (χ2v) is 10.1. The Morgan fingerprint density at radius 1 is 1.26 bits per heavy atom. The van der Waals surface area contributed by atoms with Gasteiger partial charge in [0, 0.05) is 36.0 Å². The van der Waals surface area contributed by atoms with Crippen molar-refractivity contribution in [1.82, 2.24) is 20.5 Å². The molecule has 9 nitrogen and oxygen atoms in total. The molecule has 2 aromatic carbocycles. The molecule has 0 spiro atoms. The van der Waals surface area contributed by atoms with E-state index in [1.54, 1.807) is 18.1 Å². The van der Waals surface area contributed by atoms with Crippen LogP contribution >= 0.6 is 0 Å². The van der Waals surface area contributed by atoms with Crippen LogP contribution in [0.1, 0.15) is 46.1 Å². The first-order chi connectivity index (χ1) is 18.4. The van der Waals surface area contributed by atoms with Crippen LogP contribution in [0.15, 0.2) is 47.5 Å². The minimum absolute atomic E-state index is 0.00200. The average molecular weight is 516 g/mol. The monoisotopic (exact) mass is 515 g/mol. The summed E-state index contributed by atoms with van der Waals surface area (Å²) < 4.78 is 5.46. The van der Waals surface area contributed by atoms with Gasteiger partial charge in [0.1, 0.15) is 17.5 Å². The summed E-state index contributed by atoms with van der Waals surface area (Å²) in [6.45, 7) is 6.94. The van der Waals surface area contributed by atoms with Crippen LogP contribution in [-0.2, 0) is 16.0 Å². The Kier molecular flexibility index (Phi) is 7.18. The third-order valence-corrected chi connectivity index (χ3v) is 7.54. The van der Waals surface area contributed by atoms with Gasteiger partial charge in [0.2, 0.25) is 11.8 Å². The topological polar surface area (TPSA) is 116 Å². The molecule has 38 heavy (non-hydrogen) atoms. The molecule has 2 aliphatic heterocycles. The van der Waals surface area contributed by atoms with Crippen molar-refractivity contribution in [3.63, 3.8) is 0 Å². The van der Waals surface area contributed by atoms with Crippen molar-refractivity contribution in [2.24, 2.45) is 10.9 Å². The number of nitrogens with zero attached hydrogens (tertiary/aromatic N) is 2. The molecule has 198 valence electrons. The highest BCUT2D eigenvalue weighted by molar-refractivity contribution is 6.02. The van der Waals surface area contributed by atoms with Crippen LogP contribution < -0.4 is 15.4 Å². The number of carbonyl (C=O) groups excluding carboxylic acids is 3. The molecule has 3 aromatic rings. The maximum absolute atomic E-state index is 13.9. The largest absolute Gasteiger partial charge is 0.496 e. The molecule has 1 unspecified atom stereocenters. The maximum Gasteiger partial charge on any atom is 0.271 e. The Labute approximate surface area is 221 Å². The lowest BCUT2D eigenvalue weighted by Crippen LogP contribution is -2.50. The number of aromatic amines is 1. The summed E-state index contributed by atoms with van der Waals surface area (Å²) in [4.78, 5) is 48.8. The van der Waals surface area contributed by atoms with Gasteiger partial charge in [-0.15, -0.1) is 0 Å². The smallest absolute Gasteiger partial charge is 0.271 e. The highest BCUT2D eigenvalue weighted by Crippen LogP contribution is 2.34. The second-order valence-electron chi connectivity index (χ2n) is 10.1. The Morgan fingerprint density at radius 2 is 2.11 bits per heavy atom. The van der Waals surface area contributed by atoms with Crippen LogP contribution in [0.25, 0.3) is 10.9 Å². The number of amides is 3. The van der Waals surface area contributed by atoms with Crippen LogP contribution in [-0.4, -0.2) is 67.1 Å². The molecule has 2 aliphatic rings. The van der Waals surface area contributed by atoms with E-state index in [4.69, 9.17) is 4.74 Å². The van der Waals surface area contributed by atoms with E-state index in [0.717, 1.165) is 34.0 Å². The van der Waals surface area contributed by atoms with Crippen molar-refractivity contribution in [3.8, 4) is 5.75 Å². The number of hydrogen-bond acceptors (Lipinski definition) is 5. The number of benzene rings is 2. The third kappa shape index (κ3) is 4.88. The van der Waals surface area contributed by atoms with Gasteiger partial charge in [-0.3, -0.25) is 19.4 Å². The Bertz CT molecular complexity index is 1400. The molecule has 1 saturated heterocycles. The van der Waals surface area contributed by atoms with Crippen molar-refractivity contribution in [1.29, 1.82) is 0 Å². The zero-order valence-electron chi connectivity index (χ0n) is 21.8. The lowest BCUT2D eigenvalue weighted by atomic mass is 9.90. The van der Waals surface area contributed by atoms with Gasteiger partial charge in [0.15, 0.2) is 0 Å². The number of rotatable bonds is 8. The lowest BCUT2D eigenvalue weighted by molar-refractivity contribution is -0.128. The Balaban J connectivity index is 1.46. The quantitative estimate of drug-likeness (QED) is 0.400. The number of hydrogen-bond donors (Lipinski definition) is 3. The predicted molar refractivity (Wildman–Crippen MR) is 146 cm³/mol. The summed E-state index contributed by atoms with van der Waals surface area (Å²) in [5.41, 5.74) is 4.15. The van der Waals surface area contributed by atoms with E-state index in [2.05, 4.69) is 33.4 Å². The van der Waals surface area contributed by atoms with Crippen LogP contribution in [0.2, 0.25) is 0 Å². The van der Waals surface area contributed by atoms with Gasteiger partial charge in [-0.1, -0.05) is 29.8 Å². The number of fused-ring (bicyclic) bond motifs is 2. The first-order valence-corrected chi connectivity index (χ1v) is 13.0. The first kappa shape index (κ1) is 25.5. The average Bonchev–Trinajstić information content (AvgIpc) is 3.53. The summed E-state index contributed by atoms with van der Waals surface area (Å²) in [6, 6.07) is 12.2. The van der Waals surface area contributed by atoms with E-state index in [-0.39, 0.29) is 29.7 Å². The molecule has 3 atom stereocenters. The zero-order valence-corrected chi connectivity index (χ0v) is 21.8. The predicted octanol–water partition coefficient (Wildman–Crippen LogP) is 2.94. The fourth-order valence-electron chi connectivity index (χ4n) is 5.66. The van der Waals surface area contributed by atoms with Gasteiger partial charge in [0.05, 0.1) is 13.7 Å². The SMILES string of the molecule is C=NC[C@H](C[C@@H]1CCNC1=O)NC(=O)C1c2ccc(C)cc2CCN1C(=O)c1cc2c(OC)cccc2[nH]1. The standard InChI is InChI=1S/C29H33N5O4/c1-17-7-8-21-18(13-17)10-12-34(29(37)24-15-22-23(33-24)5-4-6-25(22)38-3)26(21)28(36)32-20(16-30-2)14-19-9-11-31-27(19)35/h4-8,13,15,19-20,26,33H,2,9-12,14,16H2,1,3H3,(H,31,35)(H,32,36)/t19-,20-,26?/m0/s1. The number of aryl methyl sites for hydroxylation is 1. The van der Waals surface area contributed by atoms with Crippen molar-refractivity contribution in [2.45, 2.75) is 38.3 Å². The molecule has 1 aromatic heterocycles. The van der Waals surface area contributed by atoms with E-state index >= 15 is 0 Å². The molecule has 1 fully saturated rings. The third-order valence-electron chi connectivity index (χ3n) is 7.54. The molecule has 3 amide bonds. The van der Waals surface area contributed by atoms with Gasteiger partial charge < -0.3 is 25.3 Å². The molecular formula is C29H33N5O4. The van der Waals surface area contributed by atoms with Crippen molar-refractivity contribution < 1.29 is 19.1 Å². The highest BCUT2D eigenvalue weighted by atomic mass is 16.5. The number of nitrogens with one attached hydrogen (secondary N) is 3. The summed E-state index contributed by atoms with van der Waals surface area (Å²) in [6.07, 6.45) is 1.85. The summed E-state index contributed by atoms with van der Waals surface area (Å²) in [5, 5.41) is 6.75. The summed E-state index contributed by atoms with van der Waals surface area (Å²) >= 11 is 0. The van der Waals surface area contributed by atoms with Gasteiger partial charge >= 0.3 is 0 Å². The molecule has 9 heteroatoms. The second kappa shape index (κ2) is 10.7. The fourth-order valence-corrected chi connectivity index (χ4v) is 5.66. The van der Waals surface area contributed by atoms with E-state index in [9.17, 15) is 14.4 Å². The normalized spacial score (nSPS) is 19.5. The summed E-state index contributed by atoms with van der Waals surface area (Å²) in [5.74, 6) is -0.0605. The number of aliphatic imine (C=N–C) groups is 1. The van der Waals surface area contributed by atoms with Crippen LogP contribution in [0.4, 0.5) is 0 Å². The molecule has 0 radical (unpaired) electrons.